The van der Waals surface area contributed by atoms with Gasteiger partial charge >= 0.3 is 5.97 Å². The number of halogens is 4. The number of carbonyl (C=O) groups is 1. The normalized spacial score (nSPS) is 10.3. The van der Waals surface area contributed by atoms with E-state index in [4.69, 9.17) is 51.1 Å². The van der Waals surface area contributed by atoms with Crippen molar-refractivity contribution in [3.63, 3.8) is 0 Å². The molecule has 1 aromatic carbocycles. The van der Waals surface area contributed by atoms with E-state index in [0.717, 1.165) is 0 Å². The highest BCUT2D eigenvalue weighted by Gasteiger charge is 2.15. The molecular weight excluding hydrogens is 332 g/mol. The van der Waals surface area contributed by atoms with Crippen LogP contribution >= 0.6 is 46.4 Å². The van der Waals surface area contributed by atoms with E-state index in [9.17, 15) is 4.79 Å². The van der Waals surface area contributed by atoms with Gasteiger partial charge in [0, 0.05) is 16.2 Å². The minimum absolute atomic E-state index is 0.00234. The van der Waals surface area contributed by atoms with Crippen molar-refractivity contribution in [3.8, 4) is 5.75 Å². The van der Waals surface area contributed by atoms with E-state index < -0.39 is 5.97 Å². The van der Waals surface area contributed by atoms with Gasteiger partial charge in [0.25, 0.3) is 0 Å². The third kappa shape index (κ3) is 3.74. The Bertz CT molecular complexity index is 625. The van der Waals surface area contributed by atoms with E-state index in [1.165, 1.54) is 30.5 Å². The largest absolute Gasteiger partial charge is 0.423 e. The van der Waals surface area contributed by atoms with Crippen LogP contribution in [0, 0.1) is 0 Å². The predicted molar refractivity (Wildman–Crippen MR) is 75.7 cm³/mol. The third-order valence-electron chi connectivity index (χ3n) is 2.07. The topological polar surface area (TPSA) is 39.2 Å². The molecule has 2 rings (SSSR count). The Morgan fingerprint density at radius 2 is 1.58 bits per heavy atom. The lowest BCUT2D eigenvalue weighted by Crippen LogP contribution is -2.09. The van der Waals surface area contributed by atoms with E-state index in [-0.39, 0.29) is 21.5 Å². The number of ether oxygens (including phenoxy) is 1. The molecular formula is C12H5Cl4NO2. The molecule has 7 heteroatoms. The van der Waals surface area contributed by atoms with Gasteiger partial charge in [0.15, 0.2) is 0 Å². The summed E-state index contributed by atoms with van der Waals surface area (Å²) in [5.41, 5.74) is 0.0604. The summed E-state index contributed by atoms with van der Waals surface area (Å²) in [6.07, 6.45) is 1.33. The van der Waals surface area contributed by atoms with Crippen molar-refractivity contribution < 1.29 is 9.53 Å². The third-order valence-corrected chi connectivity index (χ3v) is 3.02. The van der Waals surface area contributed by atoms with E-state index in [1.54, 1.807) is 0 Å². The summed E-state index contributed by atoms with van der Waals surface area (Å²) in [6, 6.07) is 5.80. The van der Waals surface area contributed by atoms with Gasteiger partial charge in [-0.2, -0.15) is 0 Å². The number of nitrogens with zero attached hydrogens (tertiary/aromatic N) is 1. The minimum atomic E-state index is -0.696. The van der Waals surface area contributed by atoms with Crippen LogP contribution in [0.2, 0.25) is 20.2 Å². The number of hydrogen-bond donors (Lipinski definition) is 0. The zero-order valence-electron chi connectivity index (χ0n) is 9.16. The van der Waals surface area contributed by atoms with E-state index in [2.05, 4.69) is 4.98 Å². The van der Waals surface area contributed by atoms with Crippen LogP contribution in [0.4, 0.5) is 0 Å². The Morgan fingerprint density at radius 1 is 0.947 bits per heavy atom. The summed E-state index contributed by atoms with van der Waals surface area (Å²) in [5.74, 6) is -0.489. The molecule has 2 aromatic rings. The Morgan fingerprint density at radius 3 is 2.21 bits per heavy atom. The average molecular weight is 337 g/mol. The van der Waals surface area contributed by atoms with Gasteiger partial charge in [-0.25, -0.2) is 9.78 Å². The number of pyridine rings is 1. The zero-order chi connectivity index (χ0) is 14.0. The molecule has 0 aliphatic carbocycles. The standard InChI is InChI=1S/C12H5Cl4NO2/c13-6-1-7(14)3-9(2-6)19-12(18)10-4-8(15)5-17-11(10)16/h1-5H. The highest BCUT2D eigenvalue weighted by molar-refractivity contribution is 6.35. The second-order valence-corrected chi connectivity index (χ2v) is 5.15. The first-order chi connectivity index (χ1) is 8.95. The summed E-state index contributed by atoms with van der Waals surface area (Å²) in [4.78, 5) is 15.7. The molecule has 98 valence electrons. The van der Waals surface area contributed by atoms with E-state index in [1.807, 2.05) is 0 Å². The summed E-state index contributed by atoms with van der Waals surface area (Å²) in [6.45, 7) is 0. The number of rotatable bonds is 2. The second-order valence-electron chi connectivity index (χ2n) is 3.49. The first-order valence-corrected chi connectivity index (χ1v) is 6.46. The van der Waals surface area contributed by atoms with Gasteiger partial charge in [-0.05, 0) is 24.3 Å². The van der Waals surface area contributed by atoms with Crippen LogP contribution in [-0.2, 0) is 0 Å². The zero-order valence-corrected chi connectivity index (χ0v) is 12.2. The maximum atomic E-state index is 11.9. The Balaban J connectivity index is 2.28. The number of hydrogen-bond acceptors (Lipinski definition) is 3. The van der Waals surface area contributed by atoms with Crippen molar-refractivity contribution in [3.05, 3.63) is 56.2 Å². The lowest BCUT2D eigenvalue weighted by atomic mass is 10.3. The molecule has 0 N–H and O–H groups in total. The van der Waals surface area contributed by atoms with Gasteiger partial charge in [0.05, 0.1) is 10.6 Å². The molecule has 0 atom stereocenters. The predicted octanol–water partition coefficient (Wildman–Crippen LogP) is 4.91. The summed E-state index contributed by atoms with van der Waals surface area (Å²) in [5, 5.41) is 0.985. The second kappa shape index (κ2) is 5.97. The number of benzene rings is 1. The molecule has 0 bridgehead atoms. The maximum absolute atomic E-state index is 11.9. The fourth-order valence-corrected chi connectivity index (χ4v) is 2.16. The molecule has 0 spiro atoms. The Labute approximate surface area is 129 Å². The molecule has 0 aliphatic heterocycles. The summed E-state index contributed by atoms with van der Waals surface area (Å²) in [7, 11) is 0. The SMILES string of the molecule is O=C(Oc1cc(Cl)cc(Cl)c1)c1cc(Cl)cnc1Cl. The van der Waals surface area contributed by atoms with Crippen molar-refractivity contribution in [2.45, 2.75) is 0 Å². The van der Waals surface area contributed by atoms with Crippen LogP contribution in [0.1, 0.15) is 10.4 Å². The Kier molecular flexibility index (Phi) is 4.53. The number of carbonyl (C=O) groups excluding carboxylic acids is 1. The molecule has 0 saturated heterocycles. The van der Waals surface area contributed by atoms with Crippen molar-refractivity contribution in [2.24, 2.45) is 0 Å². The van der Waals surface area contributed by atoms with Gasteiger partial charge in [0.1, 0.15) is 10.9 Å². The Hall–Kier alpha value is -1.00. The molecule has 0 aliphatic rings. The summed E-state index contributed by atoms with van der Waals surface area (Å²) < 4.78 is 5.11. The number of esters is 1. The van der Waals surface area contributed by atoms with Gasteiger partial charge in [0.2, 0.25) is 0 Å². The lowest BCUT2D eigenvalue weighted by molar-refractivity contribution is 0.0734. The molecule has 0 amide bonds. The first-order valence-electron chi connectivity index (χ1n) is 4.95. The molecule has 0 saturated carbocycles. The monoisotopic (exact) mass is 335 g/mol. The molecule has 19 heavy (non-hydrogen) atoms. The summed E-state index contributed by atoms with van der Waals surface area (Å²) >= 11 is 23.1. The highest BCUT2D eigenvalue weighted by atomic mass is 35.5. The van der Waals surface area contributed by atoms with Crippen molar-refractivity contribution in [1.29, 1.82) is 0 Å². The average Bonchev–Trinajstić information content (AvgIpc) is 2.30. The molecule has 1 aromatic heterocycles. The molecule has 1 heterocycles. The van der Waals surface area contributed by atoms with Crippen LogP contribution in [0.3, 0.4) is 0 Å². The smallest absolute Gasteiger partial charge is 0.346 e. The van der Waals surface area contributed by atoms with Crippen LogP contribution in [0.25, 0.3) is 0 Å². The molecule has 0 fully saturated rings. The highest BCUT2D eigenvalue weighted by Crippen LogP contribution is 2.26. The van der Waals surface area contributed by atoms with Crippen molar-refractivity contribution in [2.75, 3.05) is 0 Å². The van der Waals surface area contributed by atoms with Crippen LogP contribution in [0.5, 0.6) is 5.75 Å². The van der Waals surface area contributed by atoms with Crippen LogP contribution in [-0.4, -0.2) is 11.0 Å². The van der Waals surface area contributed by atoms with Gasteiger partial charge < -0.3 is 4.74 Å². The quantitative estimate of drug-likeness (QED) is 0.444. The van der Waals surface area contributed by atoms with Crippen molar-refractivity contribution >= 4 is 52.4 Å². The lowest BCUT2D eigenvalue weighted by Gasteiger charge is -2.06. The van der Waals surface area contributed by atoms with Crippen LogP contribution in [0.15, 0.2) is 30.5 Å². The van der Waals surface area contributed by atoms with E-state index >= 15 is 0 Å². The van der Waals surface area contributed by atoms with Crippen molar-refractivity contribution in [1.82, 2.24) is 4.98 Å². The van der Waals surface area contributed by atoms with Gasteiger partial charge in [-0.3, -0.25) is 0 Å². The van der Waals surface area contributed by atoms with Crippen LogP contribution < -0.4 is 4.74 Å². The van der Waals surface area contributed by atoms with Gasteiger partial charge in [-0.15, -0.1) is 0 Å². The molecule has 0 radical (unpaired) electrons. The molecule has 0 unspecified atom stereocenters. The first kappa shape index (κ1) is 14.4. The molecule has 3 nitrogen and oxygen atoms in total. The number of aromatic nitrogens is 1. The fourth-order valence-electron chi connectivity index (χ4n) is 1.32. The van der Waals surface area contributed by atoms with E-state index in [0.29, 0.717) is 10.0 Å². The fraction of sp³-hybridized carbons (Fsp3) is 0. The minimum Gasteiger partial charge on any atom is -0.423 e. The van der Waals surface area contributed by atoms with Gasteiger partial charge in [-0.1, -0.05) is 46.4 Å². The maximum Gasteiger partial charge on any atom is 0.346 e.